The fourth-order valence-electron chi connectivity index (χ4n) is 4.55. The minimum Gasteiger partial charge on any atom is -0.493 e. The third-order valence-corrected chi connectivity index (χ3v) is 6.28. The van der Waals surface area contributed by atoms with Gasteiger partial charge in [0.2, 0.25) is 0 Å². The molecule has 1 heterocycles. The molecule has 4 rings (SSSR count). The van der Waals surface area contributed by atoms with Gasteiger partial charge in [0.15, 0.2) is 11.5 Å². The van der Waals surface area contributed by atoms with Gasteiger partial charge in [0.25, 0.3) is 0 Å². The monoisotopic (exact) mass is 472 g/mol. The highest BCUT2D eigenvalue weighted by atomic mass is 16.5. The Bertz CT molecular complexity index is 1120. The van der Waals surface area contributed by atoms with Crippen LogP contribution in [0.5, 0.6) is 11.5 Å². The van der Waals surface area contributed by atoms with Gasteiger partial charge in [-0.2, -0.15) is 0 Å². The summed E-state index contributed by atoms with van der Waals surface area (Å²) in [5.41, 5.74) is 3.33. The third kappa shape index (κ3) is 6.04. The van der Waals surface area contributed by atoms with Crippen molar-refractivity contribution in [3.8, 4) is 11.5 Å². The molecule has 1 unspecified atom stereocenters. The summed E-state index contributed by atoms with van der Waals surface area (Å²) >= 11 is 0. The molecular weight excluding hydrogens is 436 g/mol. The van der Waals surface area contributed by atoms with Gasteiger partial charge in [-0.15, -0.1) is 0 Å². The quantitative estimate of drug-likeness (QED) is 0.387. The molecule has 3 aromatic rings. The number of methoxy groups -OCH3 is 2. The van der Waals surface area contributed by atoms with Crippen LogP contribution in [0.2, 0.25) is 0 Å². The molecule has 35 heavy (non-hydrogen) atoms. The van der Waals surface area contributed by atoms with Gasteiger partial charge in [0.1, 0.15) is 11.9 Å². The average Bonchev–Trinajstić information content (AvgIpc) is 3.32. The molecule has 184 valence electrons. The van der Waals surface area contributed by atoms with Gasteiger partial charge in [-0.1, -0.05) is 66.7 Å². The van der Waals surface area contributed by atoms with Crippen LogP contribution < -0.4 is 14.8 Å². The highest BCUT2D eigenvalue weighted by Gasteiger charge is 2.35. The summed E-state index contributed by atoms with van der Waals surface area (Å²) in [4.78, 5) is 5.28. The maximum Gasteiger partial charge on any atom is 0.161 e. The van der Waals surface area contributed by atoms with Gasteiger partial charge < -0.3 is 19.5 Å². The molecule has 0 saturated heterocycles. The van der Waals surface area contributed by atoms with Crippen LogP contribution in [0.4, 0.5) is 0 Å². The summed E-state index contributed by atoms with van der Waals surface area (Å²) in [5.74, 6) is 2.42. The van der Waals surface area contributed by atoms with Crippen molar-refractivity contribution < 1.29 is 14.2 Å². The Balaban J connectivity index is 1.72. The Hall–Kier alpha value is -3.31. The summed E-state index contributed by atoms with van der Waals surface area (Å²) in [6, 6.07) is 27.2. The molecule has 1 N–H and O–H groups in total. The molecule has 5 nitrogen and oxygen atoms in total. The van der Waals surface area contributed by atoms with E-state index in [1.807, 2.05) is 18.2 Å². The lowest BCUT2D eigenvalue weighted by atomic mass is 9.93. The molecule has 0 aromatic heterocycles. The van der Waals surface area contributed by atoms with Crippen molar-refractivity contribution in [1.29, 1.82) is 0 Å². The number of amidine groups is 1. The first-order valence-corrected chi connectivity index (χ1v) is 12.2. The number of hydrogen-bond acceptors (Lipinski definition) is 5. The Morgan fingerprint density at radius 2 is 1.46 bits per heavy atom. The number of rotatable bonds is 9. The first kappa shape index (κ1) is 24.8. The van der Waals surface area contributed by atoms with E-state index in [4.69, 9.17) is 19.2 Å². The van der Waals surface area contributed by atoms with Crippen molar-refractivity contribution in [2.75, 3.05) is 20.8 Å². The molecule has 3 atom stereocenters. The van der Waals surface area contributed by atoms with E-state index in [0.717, 1.165) is 17.8 Å². The van der Waals surface area contributed by atoms with Crippen LogP contribution in [-0.2, 0) is 4.74 Å². The van der Waals surface area contributed by atoms with Gasteiger partial charge >= 0.3 is 0 Å². The number of nitrogens with zero attached hydrogens (tertiary/aromatic N) is 1. The molecule has 0 radical (unpaired) electrons. The first-order valence-electron chi connectivity index (χ1n) is 12.2. The van der Waals surface area contributed by atoms with Gasteiger partial charge in [-0.05, 0) is 56.0 Å². The Labute approximate surface area is 209 Å². The van der Waals surface area contributed by atoms with E-state index in [1.54, 1.807) is 14.2 Å². The lowest BCUT2D eigenvalue weighted by molar-refractivity contribution is -0.00465. The molecule has 1 aliphatic heterocycles. The minimum atomic E-state index is -0.202. The van der Waals surface area contributed by atoms with Crippen molar-refractivity contribution in [2.45, 2.75) is 50.8 Å². The van der Waals surface area contributed by atoms with E-state index in [9.17, 15) is 0 Å². The maximum atomic E-state index is 6.13. The molecule has 1 aliphatic rings. The average molecular weight is 473 g/mol. The van der Waals surface area contributed by atoms with Gasteiger partial charge in [-0.3, -0.25) is 4.99 Å². The molecule has 0 amide bonds. The molecule has 0 spiro atoms. The first-order chi connectivity index (χ1) is 16.9. The van der Waals surface area contributed by atoms with Crippen molar-refractivity contribution in [1.82, 2.24) is 5.32 Å². The second-order valence-electron chi connectivity index (χ2n) is 9.82. The number of benzene rings is 3. The summed E-state index contributed by atoms with van der Waals surface area (Å²) in [6.07, 6.45) is 0.793. The van der Waals surface area contributed by atoms with Gasteiger partial charge in [-0.25, -0.2) is 0 Å². The highest BCUT2D eigenvalue weighted by Crippen LogP contribution is 2.40. The van der Waals surface area contributed by atoms with Crippen molar-refractivity contribution >= 4 is 5.84 Å². The SMILES string of the molecule is COc1ccc(C(CCOC(C)(C)C)C2=N[C@@H](c3ccccc3)[C@H](c3ccccc3)N2)cc1OC. The van der Waals surface area contributed by atoms with Crippen LogP contribution in [-0.4, -0.2) is 32.3 Å². The number of hydrogen-bond donors (Lipinski definition) is 1. The Kier molecular flexibility index (Phi) is 7.76. The van der Waals surface area contributed by atoms with E-state index in [2.05, 4.69) is 86.8 Å². The molecular formula is C30H36N2O3. The summed E-state index contributed by atoms with van der Waals surface area (Å²) in [7, 11) is 3.32. The minimum absolute atomic E-state index is 0.0141. The Morgan fingerprint density at radius 1 is 0.829 bits per heavy atom. The maximum absolute atomic E-state index is 6.13. The summed E-state index contributed by atoms with van der Waals surface area (Å²) in [6.45, 7) is 6.87. The zero-order chi connectivity index (χ0) is 24.8. The zero-order valence-electron chi connectivity index (χ0n) is 21.3. The topological polar surface area (TPSA) is 52.1 Å². The summed E-state index contributed by atoms with van der Waals surface area (Å²) in [5, 5.41) is 3.79. The molecule has 5 heteroatoms. The second kappa shape index (κ2) is 11.0. The molecule has 3 aromatic carbocycles. The number of nitrogens with one attached hydrogen (secondary N) is 1. The van der Waals surface area contributed by atoms with Crippen LogP contribution in [0.1, 0.15) is 61.9 Å². The highest BCUT2D eigenvalue weighted by molar-refractivity contribution is 5.91. The summed E-state index contributed by atoms with van der Waals surface area (Å²) < 4.78 is 17.2. The molecule has 0 saturated carbocycles. The molecule has 0 fully saturated rings. The van der Waals surface area contributed by atoms with Crippen LogP contribution in [0.25, 0.3) is 0 Å². The van der Waals surface area contributed by atoms with Crippen LogP contribution in [0, 0.1) is 0 Å². The van der Waals surface area contributed by atoms with Gasteiger partial charge in [0, 0.05) is 12.5 Å². The largest absolute Gasteiger partial charge is 0.493 e. The third-order valence-electron chi connectivity index (χ3n) is 6.28. The van der Waals surface area contributed by atoms with Crippen LogP contribution >= 0.6 is 0 Å². The molecule has 0 aliphatic carbocycles. The lowest BCUT2D eigenvalue weighted by Crippen LogP contribution is -2.30. The van der Waals surface area contributed by atoms with Crippen molar-refractivity contribution in [2.24, 2.45) is 4.99 Å². The van der Waals surface area contributed by atoms with E-state index in [-0.39, 0.29) is 23.6 Å². The normalized spacial score (nSPS) is 18.5. The standard InChI is InChI=1S/C30H36N2O3/c1-30(2,3)35-19-18-24(23-16-17-25(33-4)26(20-23)34-5)29-31-27(21-12-8-6-9-13-21)28(32-29)22-14-10-7-11-15-22/h6-17,20,24,27-28H,18-19H2,1-5H3,(H,31,32)/t24?,27-,28-/m0/s1. The van der Waals surface area contributed by atoms with Crippen LogP contribution in [0.3, 0.4) is 0 Å². The zero-order valence-corrected chi connectivity index (χ0v) is 21.3. The lowest BCUT2D eigenvalue weighted by Gasteiger charge is -2.25. The number of ether oxygens (including phenoxy) is 3. The fraction of sp³-hybridized carbons (Fsp3) is 0.367. The van der Waals surface area contributed by atoms with E-state index < -0.39 is 0 Å². The van der Waals surface area contributed by atoms with E-state index in [1.165, 1.54) is 11.1 Å². The van der Waals surface area contributed by atoms with Crippen LogP contribution in [0.15, 0.2) is 83.9 Å². The Morgan fingerprint density at radius 3 is 2.06 bits per heavy atom. The molecule has 0 bridgehead atoms. The van der Waals surface area contributed by atoms with E-state index >= 15 is 0 Å². The van der Waals surface area contributed by atoms with Crippen molar-refractivity contribution in [3.63, 3.8) is 0 Å². The predicted molar refractivity (Wildman–Crippen MR) is 142 cm³/mol. The van der Waals surface area contributed by atoms with E-state index in [0.29, 0.717) is 18.1 Å². The van der Waals surface area contributed by atoms with Crippen molar-refractivity contribution in [3.05, 3.63) is 95.6 Å². The number of aliphatic imine (C=N–C) groups is 1. The fourth-order valence-corrected chi connectivity index (χ4v) is 4.55. The second-order valence-corrected chi connectivity index (χ2v) is 9.82. The van der Waals surface area contributed by atoms with Gasteiger partial charge in [0.05, 0.1) is 25.9 Å². The predicted octanol–water partition coefficient (Wildman–Crippen LogP) is 6.48. The smallest absolute Gasteiger partial charge is 0.161 e.